The molecule has 16 heavy (non-hydrogen) atoms. The highest BCUT2D eigenvalue weighted by Crippen LogP contribution is 2.18. The van der Waals surface area contributed by atoms with Crippen LogP contribution in [0.4, 0.5) is 0 Å². The Balaban J connectivity index is 1.76. The molecular weight excluding hydrogens is 242 g/mol. The fourth-order valence-corrected chi connectivity index (χ4v) is 2.63. The highest BCUT2D eigenvalue weighted by atomic mass is 32.1. The van der Waals surface area contributed by atoms with Gasteiger partial charge >= 0.3 is 0 Å². The van der Waals surface area contributed by atoms with E-state index in [4.69, 9.17) is 4.74 Å². The molecule has 0 spiro atoms. The van der Waals surface area contributed by atoms with E-state index < -0.39 is 0 Å². The molecule has 2 rings (SSSR count). The Kier molecular flexibility index (Phi) is 4.26. The maximum Gasteiger partial charge on any atom is 0.294 e. The number of ether oxygens (including phenoxy) is 1. The first-order valence-corrected chi connectivity index (χ1v) is 6.70. The third-order valence-corrected chi connectivity index (χ3v) is 3.70. The molecule has 2 heterocycles. The van der Waals surface area contributed by atoms with Crippen LogP contribution in [0.2, 0.25) is 0 Å². The highest BCUT2D eigenvalue weighted by molar-refractivity contribution is 7.13. The maximum absolute atomic E-state index is 5.53. The Morgan fingerprint density at radius 1 is 1.44 bits per heavy atom. The van der Waals surface area contributed by atoms with Gasteiger partial charge in [-0.2, -0.15) is 0 Å². The molecule has 0 bridgehead atoms. The van der Waals surface area contributed by atoms with Gasteiger partial charge in [0.15, 0.2) is 0 Å². The van der Waals surface area contributed by atoms with Crippen molar-refractivity contribution in [2.75, 3.05) is 13.7 Å². The molecule has 0 atom stereocenters. The minimum Gasteiger partial charge on any atom is -0.469 e. The molecule has 0 saturated heterocycles. The molecule has 0 saturated carbocycles. The zero-order valence-electron chi connectivity index (χ0n) is 8.97. The van der Waals surface area contributed by atoms with Crippen LogP contribution in [-0.4, -0.2) is 23.9 Å². The Hall–Kier alpha value is -0.980. The lowest BCUT2D eigenvalue weighted by molar-refractivity contribution is 0.318. The smallest absolute Gasteiger partial charge is 0.294 e. The maximum atomic E-state index is 5.53. The van der Waals surface area contributed by atoms with E-state index in [1.165, 1.54) is 16.2 Å². The number of aromatic nitrogens is 2. The van der Waals surface area contributed by atoms with Gasteiger partial charge in [-0.05, 0) is 18.5 Å². The summed E-state index contributed by atoms with van der Waals surface area (Å²) in [5.74, 6) is 0. The zero-order valence-corrected chi connectivity index (χ0v) is 10.6. The molecule has 0 unspecified atom stereocenters. The van der Waals surface area contributed by atoms with Crippen molar-refractivity contribution in [1.29, 1.82) is 0 Å². The number of thiophene rings is 1. The molecule has 0 radical (unpaired) electrons. The minimum atomic E-state index is 0.654. The lowest BCUT2D eigenvalue weighted by Crippen LogP contribution is -2.04. The normalized spacial score (nSPS) is 10.6. The molecule has 6 heteroatoms. The summed E-state index contributed by atoms with van der Waals surface area (Å²) >= 11 is 3.24. The van der Waals surface area contributed by atoms with Crippen LogP contribution in [0.15, 0.2) is 17.5 Å². The third kappa shape index (κ3) is 3.26. The Bertz CT molecular complexity index is 413. The van der Waals surface area contributed by atoms with Crippen LogP contribution in [0.3, 0.4) is 0 Å². The summed E-state index contributed by atoms with van der Waals surface area (Å²) in [7, 11) is 1.89. The van der Waals surface area contributed by atoms with Crippen LogP contribution in [-0.2, 0) is 13.0 Å². The molecule has 0 aliphatic rings. The van der Waals surface area contributed by atoms with Crippen molar-refractivity contribution in [3.63, 3.8) is 0 Å². The van der Waals surface area contributed by atoms with E-state index >= 15 is 0 Å². The fraction of sp³-hybridized carbons (Fsp3) is 0.400. The van der Waals surface area contributed by atoms with E-state index in [9.17, 15) is 0 Å². The lowest BCUT2D eigenvalue weighted by Gasteiger charge is -1.98. The quantitative estimate of drug-likeness (QED) is 0.857. The summed E-state index contributed by atoms with van der Waals surface area (Å²) < 4.78 is 5.53. The van der Waals surface area contributed by atoms with Gasteiger partial charge < -0.3 is 10.1 Å². The summed E-state index contributed by atoms with van der Waals surface area (Å²) in [6, 6.07) is 4.16. The molecule has 4 nitrogen and oxygen atoms in total. The lowest BCUT2D eigenvalue weighted by atomic mass is 10.4. The van der Waals surface area contributed by atoms with E-state index in [0.29, 0.717) is 11.8 Å². The van der Waals surface area contributed by atoms with Crippen LogP contribution in [0, 0.1) is 0 Å². The largest absolute Gasteiger partial charge is 0.469 e. The van der Waals surface area contributed by atoms with Crippen molar-refractivity contribution in [2.45, 2.75) is 13.0 Å². The number of rotatable bonds is 6. The van der Waals surface area contributed by atoms with Crippen LogP contribution < -0.4 is 10.1 Å². The van der Waals surface area contributed by atoms with E-state index in [2.05, 4.69) is 33.0 Å². The highest BCUT2D eigenvalue weighted by Gasteiger charge is 2.04. The molecule has 1 N–H and O–H groups in total. The van der Waals surface area contributed by atoms with Gasteiger partial charge in [0.1, 0.15) is 5.01 Å². The van der Waals surface area contributed by atoms with Crippen LogP contribution in [0.1, 0.15) is 9.88 Å². The van der Waals surface area contributed by atoms with Crippen LogP contribution in [0.5, 0.6) is 5.19 Å². The SMILES string of the molecule is CNCc1nnc(OCCc2cccs2)s1. The summed E-state index contributed by atoms with van der Waals surface area (Å²) in [6.07, 6.45) is 0.929. The van der Waals surface area contributed by atoms with Crippen molar-refractivity contribution in [3.8, 4) is 5.19 Å². The standard InChI is InChI=1S/C10H13N3OS2/c1-11-7-9-12-13-10(16-9)14-5-4-8-3-2-6-15-8/h2-3,6,11H,4-5,7H2,1H3. The minimum absolute atomic E-state index is 0.654. The Morgan fingerprint density at radius 2 is 2.38 bits per heavy atom. The van der Waals surface area contributed by atoms with E-state index in [1.54, 1.807) is 11.3 Å². The number of hydrogen-bond donors (Lipinski definition) is 1. The molecule has 2 aromatic heterocycles. The summed E-state index contributed by atoms with van der Waals surface area (Å²) in [5.41, 5.74) is 0. The van der Waals surface area contributed by atoms with Gasteiger partial charge in [0.25, 0.3) is 5.19 Å². The molecule has 0 aliphatic heterocycles. The van der Waals surface area contributed by atoms with Crippen molar-refractivity contribution in [3.05, 3.63) is 27.4 Å². The topological polar surface area (TPSA) is 47.0 Å². The fourth-order valence-electron chi connectivity index (χ4n) is 1.21. The number of nitrogens with one attached hydrogen (secondary N) is 1. The molecule has 0 aromatic carbocycles. The van der Waals surface area contributed by atoms with Crippen molar-refractivity contribution in [2.24, 2.45) is 0 Å². The molecule has 2 aromatic rings. The monoisotopic (exact) mass is 255 g/mol. The van der Waals surface area contributed by atoms with E-state index in [0.717, 1.165) is 18.0 Å². The van der Waals surface area contributed by atoms with Gasteiger partial charge in [0.05, 0.1) is 6.61 Å². The first-order chi connectivity index (χ1) is 7.88. The van der Waals surface area contributed by atoms with Crippen molar-refractivity contribution in [1.82, 2.24) is 15.5 Å². The molecule has 0 amide bonds. The van der Waals surface area contributed by atoms with Gasteiger partial charge in [-0.3, -0.25) is 0 Å². The third-order valence-electron chi connectivity index (χ3n) is 1.93. The average Bonchev–Trinajstić information content (AvgIpc) is 2.90. The Labute approximate surface area is 102 Å². The number of nitrogens with zero attached hydrogens (tertiary/aromatic N) is 2. The van der Waals surface area contributed by atoms with Gasteiger partial charge in [-0.15, -0.1) is 21.5 Å². The van der Waals surface area contributed by atoms with Crippen LogP contribution in [0.25, 0.3) is 0 Å². The summed E-state index contributed by atoms with van der Waals surface area (Å²) in [6.45, 7) is 1.40. The molecule has 0 fully saturated rings. The van der Waals surface area contributed by atoms with Gasteiger partial charge in [-0.1, -0.05) is 17.4 Å². The molecule has 86 valence electrons. The average molecular weight is 255 g/mol. The summed E-state index contributed by atoms with van der Waals surface area (Å²) in [5, 5.41) is 14.7. The van der Waals surface area contributed by atoms with E-state index in [-0.39, 0.29) is 0 Å². The van der Waals surface area contributed by atoms with Gasteiger partial charge in [0.2, 0.25) is 0 Å². The molecule has 0 aliphatic carbocycles. The van der Waals surface area contributed by atoms with Gasteiger partial charge in [-0.25, -0.2) is 0 Å². The van der Waals surface area contributed by atoms with Crippen LogP contribution >= 0.6 is 22.7 Å². The second-order valence-corrected chi connectivity index (χ2v) is 5.23. The van der Waals surface area contributed by atoms with Gasteiger partial charge in [0, 0.05) is 17.8 Å². The zero-order chi connectivity index (χ0) is 11.2. The predicted molar refractivity (Wildman–Crippen MR) is 66.2 cm³/mol. The van der Waals surface area contributed by atoms with Crippen molar-refractivity contribution < 1.29 is 4.74 Å². The summed E-state index contributed by atoms with van der Waals surface area (Å²) in [4.78, 5) is 1.33. The second-order valence-electron chi connectivity index (χ2n) is 3.17. The predicted octanol–water partition coefficient (Wildman–Crippen LogP) is 1.94. The number of hydrogen-bond acceptors (Lipinski definition) is 6. The Morgan fingerprint density at radius 3 is 3.12 bits per heavy atom. The van der Waals surface area contributed by atoms with Crippen molar-refractivity contribution >= 4 is 22.7 Å². The second kappa shape index (κ2) is 5.93. The van der Waals surface area contributed by atoms with E-state index in [1.807, 2.05) is 7.05 Å². The first-order valence-electron chi connectivity index (χ1n) is 5.00. The molecular formula is C10H13N3OS2. The first kappa shape index (κ1) is 11.5.